The van der Waals surface area contributed by atoms with Gasteiger partial charge in [-0.05, 0) is 30.3 Å². The quantitative estimate of drug-likeness (QED) is 0.884. The molecular formula is C11H10ClNO3S. The molecule has 0 fully saturated rings. The van der Waals surface area contributed by atoms with Crippen LogP contribution in [-0.2, 0) is 9.84 Å². The predicted molar refractivity (Wildman–Crippen MR) is 65.6 cm³/mol. The molecule has 1 aliphatic rings. The SMILES string of the molecule is O=C(NC1C=CS(=O)(=O)C1)c1ccc(Cl)cc1. The highest BCUT2D eigenvalue weighted by atomic mass is 35.5. The lowest BCUT2D eigenvalue weighted by Crippen LogP contribution is -2.35. The van der Waals surface area contributed by atoms with Crippen LogP contribution in [0.15, 0.2) is 35.7 Å². The fourth-order valence-corrected chi connectivity index (χ4v) is 2.88. The van der Waals surface area contributed by atoms with E-state index in [1.165, 1.54) is 6.08 Å². The van der Waals surface area contributed by atoms with Gasteiger partial charge in [0.2, 0.25) is 0 Å². The highest BCUT2D eigenvalue weighted by Crippen LogP contribution is 2.11. The van der Waals surface area contributed by atoms with E-state index >= 15 is 0 Å². The van der Waals surface area contributed by atoms with Crippen molar-refractivity contribution in [2.24, 2.45) is 0 Å². The van der Waals surface area contributed by atoms with Gasteiger partial charge in [0.15, 0.2) is 9.84 Å². The molecule has 0 aromatic heterocycles. The Bertz CT molecular complexity index is 563. The highest BCUT2D eigenvalue weighted by molar-refractivity contribution is 7.94. The summed E-state index contributed by atoms with van der Waals surface area (Å²) in [7, 11) is -3.15. The second kappa shape index (κ2) is 4.50. The number of carbonyl (C=O) groups is 1. The van der Waals surface area contributed by atoms with Crippen molar-refractivity contribution in [3.8, 4) is 0 Å². The molecule has 0 saturated carbocycles. The summed E-state index contributed by atoms with van der Waals surface area (Å²) in [5, 5.41) is 4.29. The van der Waals surface area contributed by atoms with Crippen molar-refractivity contribution in [3.63, 3.8) is 0 Å². The first kappa shape index (κ1) is 12.1. The van der Waals surface area contributed by atoms with E-state index in [0.29, 0.717) is 10.6 Å². The third-order valence-electron chi connectivity index (χ3n) is 2.35. The average molecular weight is 272 g/mol. The largest absolute Gasteiger partial charge is 0.345 e. The lowest BCUT2D eigenvalue weighted by Gasteiger charge is -2.09. The zero-order chi connectivity index (χ0) is 12.5. The van der Waals surface area contributed by atoms with E-state index in [0.717, 1.165) is 5.41 Å². The van der Waals surface area contributed by atoms with Crippen LogP contribution in [0, 0.1) is 0 Å². The second-order valence-electron chi connectivity index (χ2n) is 3.74. The van der Waals surface area contributed by atoms with Crippen molar-refractivity contribution in [2.75, 3.05) is 5.75 Å². The van der Waals surface area contributed by atoms with Gasteiger partial charge < -0.3 is 5.32 Å². The normalized spacial score (nSPS) is 21.4. The van der Waals surface area contributed by atoms with Gasteiger partial charge in [-0.15, -0.1) is 0 Å². The number of rotatable bonds is 2. The molecule has 1 unspecified atom stereocenters. The summed E-state index contributed by atoms with van der Waals surface area (Å²) in [6.45, 7) is 0. The molecule has 1 aromatic carbocycles. The summed E-state index contributed by atoms with van der Waals surface area (Å²) in [5.41, 5.74) is 0.451. The van der Waals surface area contributed by atoms with Crippen molar-refractivity contribution >= 4 is 27.3 Å². The Morgan fingerprint density at radius 3 is 2.47 bits per heavy atom. The molecule has 1 aliphatic heterocycles. The average Bonchev–Trinajstić information content (AvgIpc) is 2.59. The van der Waals surface area contributed by atoms with Gasteiger partial charge in [0.05, 0.1) is 11.8 Å². The molecule has 0 radical (unpaired) electrons. The van der Waals surface area contributed by atoms with Crippen molar-refractivity contribution in [3.05, 3.63) is 46.3 Å². The Kier molecular flexibility index (Phi) is 3.22. The Morgan fingerprint density at radius 1 is 1.29 bits per heavy atom. The van der Waals surface area contributed by atoms with Gasteiger partial charge in [0.25, 0.3) is 5.91 Å². The maximum Gasteiger partial charge on any atom is 0.251 e. The van der Waals surface area contributed by atoms with Crippen LogP contribution in [0.1, 0.15) is 10.4 Å². The van der Waals surface area contributed by atoms with Crippen LogP contribution in [-0.4, -0.2) is 26.1 Å². The van der Waals surface area contributed by atoms with Gasteiger partial charge in [-0.2, -0.15) is 0 Å². The molecule has 1 aromatic rings. The van der Waals surface area contributed by atoms with Gasteiger partial charge in [-0.25, -0.2) is 8.42 Å². The summed E-state index contributed by atoms with van der Waals surface area (Å²) in [5.74, 6) is -0.389. The number of halogens is 1. The summed E-state index contributed by atoms with van der Waals surface area (Å²) < 4.78 is 22.3. The first-order valence-electron chi connectivity index (χ1n) is 4.94. The minimum Gasteiger partial charge on any atom is -0.345 e. The molecule has 17 heavy (non-hydrogen) atoms. The van der Waals surface area contributed by atoms with E-state index in [9.17, 15) is 13.2 Å². The van der Waals surface area contributed by atoms with Crippen molar-refractivity contribution < 1.29 is 13.2 Å². The van der Waals surface area contributed by atoms with Gasteiger partial charge >= 0.3 is 0 Å². The van der Waals surface area contributed by atoms with Crippen LogP contribution >= 0.6 is 11.6 Å². The van der Waals surface area contributed by atoms with E-state index in [4.69, 9.17) is 11.6 Å². The predicted octanol–water partition coefficient (Wildman–Crippen LogP) is 1.38. The van der Waals surface area contributed by atoms with E-state index < -0.39 is 15.9 Å². The number of amides is 1. The maximum absolute atomic E-state index is 11.7. The zero-order valence-corrected chi connectivity index (χ0v) is 10.3. The lowest BCUT2D eigenvalue weighted by atomic mass is 10.2. The molecule has 0 bridgehead atoms. The molecule has 90 valence electrons. The summed E-state index contributed by atoms with van der Waals surface area (Å²) in [4.78, 5) is 11.7. The Labute approximate surface area is 104 Å². The lowest BCUT2D eigenvalue weighted by molar-refractivity contribution is 0.0947. The number of carbonyl (C=O) groups excluding carboxylic acids is 1. The van der Waals surface area contributed by atoms with Gasteiger partial charge in [0, 0.05) is 16.0 Å². The third kappa shape index (κ3) is 3.08. The van der Waals surface area contributed by atoms with Crippen LogP contribution in [0.5, 0.6) is 0 Å². The fraction of sp³-hybridized carbons (Fsp3) is 0.182. The molecule has 0 saturated heterocycles. The fourth-order valence-electron chi connectivity index (χ4n) is 1.52. The van der Waals surface area contributed by atoms with E-state index in [1.54, 1.807) is 24.3 Å². The standard InChI is InChI=1S/C11H10ClNO3S/c12-9-3-1-8(2-4-9)11(14)13-10-5-6-17(15,16)7-10/h1-6,10H,7H2,(H,13,14). The molecule has 0 spiro atoms. The molecule has 6 heteroatoms. The smallest absolute Gasteiger partial charge is 0.251 e. The van der Waals surface area contributed by atoms with Crippen LogP contribution in [0.3, 0.4) is 0 Å². The van der Waals surface area contributed by atoms with Gasteiger partial charge in [0.1, 0.15) is 0 Å². The zero-order valence-electron chi connectivity index (χ0n) is 8.76. The molecule has 2 rings (SSSR count). The van der Waals surface area contributed by atoms with Crippen molar-refractivity contribution in [1.29, 1.82) is 0 Å². The summed E-state index contributed by atoms with van der Waals surface area (Å²) in [6.07, 6.45) is 1.48. The van der Waals surface area contributed by atoms with Crippen LogP contribution < -0.4 is 5.32 Å². The van der Waals surface area contributed by atoms with E-state index in [2.05, 4.69) is 5.32 Å². The number of hydrogen-bond donors (Lipinski definition) is 1. The Balaban J connectivity index is 2.04. The first-order valence-corrected chi connectivity index (χ1v) is 7.03. The number of nitrogens with one attached hydrogen (secondary N) is 1. The van der Waals surface area contributed by atoms with Gasteiger partial charge in [-0.3, -0.25) is 4.79 Å². The Morgan fingerprint density at radius 2 is 1.94 bits per heavy atom. The highest BCUT2D eigenvalue weighted by Gasteiger charge is 2.23. The number of benzene rings is 1. The topological polar surface area (TPSA) is 63.2 Å². The van der Waals surface area contributed by atoms with Crippen molar-refractivity contribution in [1.82, 2.24) is 5.32 Å². The van der Waals surface area contributed by atoms with E-state index in [1.807, 2.05) is 0 Å². The first-order chi connectivity index (χ1) is 7.96. The van der Waals surface area contributed by atoms with Crippen LogP contribution in [0.2, 0.25) is 5.02 Å². The minimum atomic E-state index is -3.15. The molecule has 1 heterocycles. The van der Waals surface area contributed by atoms with Crippen LogP contribution in [0.25, 0.3) is 0 Å². The molecule has 4 nitrogen and oxygen atoms in total. The number of hydrogen-bond acceptors (Lipinski definition) is 3. The monoisotopic (exact) mass is 271 g/mol. The summed E-state index contributed by atoms with van der Waals surface area (Å²) in [6, 6.07) is 5.94. The van der Waals surface area contributed by atoms with E-state index in [-0.39, 0.29) is 11.7 Å². The number of sulfone groups is 1. The van der Waals surface area contributed by atoms with Crippen LogP contribution in [0.4, 0.5) is 0 Å². The molecule has 1 N–H and O–H groups in total. The Hall–Kier alpha value is -1.33. The molecular weight excluding hydrogens is 262 g/mol. The maximum atomic E-state index is 11.7. The minimum absolute atomic E-state index is 0.0771. The second-order valence-corrected chi connectivity index (χ2v) is 6.11. The third-order valence-corrected chi connectivity index (χ3v) is 4.00. The summed E-state index contributed by atoms with van der Waals surface area (Å²) >= 11 is 5.70. The van der Waals surface area contributed by atoms with Crippen molar-refractivity contribution in [2.45, 2.75) is 6.04 Å². The molecule has 1 atom stereocenters. The molecule has 0 aliphatic carbocycles. The molecule has 1 amide bonds. The van der Waals surface area contributed by atoms with Gasteiger partial charge in [-0.1, -0.05) is 11.6 Å².